The van der Waals surface area contributed by atoms with Gasteiger partial charge in [-0.1, -0.05) is 25.4 Å². The first-order valence-electron chi connectivity index (χ1n) is 7.11. The van der Waals surface area contributed by atoms with E-state index in [2.05, 4.69) is 29.4 Å². The molecule has 0 spiro atoms. The van der Waals surface area contributed by atoms with Crippen molar-refractivity contribution in [2.75, 3.05) is 6.54 Å². The number of aromatic nitrogens is 4. The molecular weight excluding hydrogens is 274 g/mol. The maximum atomic E-state index is 6.37. The Hall–Kier alpha value is -1.33. The van der Waals surface area contributed by atoms with Crippen molar-refractivity contribution in [3.63, 3.8) is 0 Å². The second kappa shape index (κ2) is 6.90. The first-order valence-corrected chi connectivity index (χ1v) is 7.49. The minimum absolute atomic E-state index is 0.0176. The summed E-state index contributed by atoms with van der Waals surface area (Å²) in [5, 5.41) is 12.9. The molecule has 110 valence electrons. The molecular formula is C14H22ClN5. The highest BCUT2D eigenvalue weighted by Crippen LogP contribution is 2.28. The summed E-state index contributed by atoms with van der Waals surface area (Å²) in [7, 11) is 1.95. The maximum absolute atomic E-state index is 6.37. The molecule has 2 aromatic heterocycles. The van der Waals surface area contributed by atoms with Crippen LogP contribution in [-0.4, -0.2) is 26.1 Å². The van der Waals surface area contributed by atoms with Gasteiger partial charge >= 0.3 is 0 Å². The molecule has 0 saturated carbocycles. The summed E-state index contributed by atoms with van der Waals surface area (Å²) in [6.45, 7) is 6.07. The lowest BCUT2D eigenvalue weighted by molar-refractivity contribution is 0.491. The summed E-state index contributed by atoms with van der Waals surface area (Å²) < 4.78 is 3.87. The number of nitrogens with zero attached hydrogens (tertiary/aromatic N) is 4. The van der Waals surface area contributed by atoms with E-state index in [0.717, 1.165) is 37.3 Å². The fraction of sp³-hybridized carbons (Fsp3) is 0.571. The molecule has 20 heavy (non-hydrogen) atoms. The number of halogens is 1. The smallest absolute Gasteiger partial charge is 0.0933 e. The van der Waals surface area contributed by atoms with Gasteiger partial charge in [0, 0.05) is 19.8 Å². The van der Waals surface area contributed by atoms with E-state index in [4.69, 9.17) is 11.6 Å². The lowest BCUT2D eigenvalue weighted by Gasteiger charge is -2.21. The zero-order valence-corrected chi connectivity index (χ0v) is 13.1. The van der Waals surface area contributed by atoms with Gasteiger partial charge < -0.3 is 5.32 Å². The van der Waals surface area contributed by atoms with Crippen molar-refractivity contribution in [1.29, 1.82) is 0 Å². The zero-order chi connectivity index (χ0) is 14.5. The van der Waals surface area contributed by atoms with Crippen LogP contribution in [0.1, 0.15) is 44.1 Å². The Morgan fingerprint density at radius 2 is 2.10 bits per heavy atom. The average Bonchev–Trinajstić information content (AvgIpc) is 3.00. The summed E-state index contributed by atoms with van der Waals surface area (Å²) in [6.07, 6.45) is 5.62. The highest BCUT2D eigenvalue weighted by atomic mass is 35.5. The van der Waals surface area contributed by atoms with Gasteiger partial charge in [0.1, 0.15) is 0 Å². The van der Waals surface area contributed by atoms with E-state index < -0.39 is 0 Å². The second-order valence-corrected chi connectivity index (χ2v) is 5.27. The lowest BCUT2D eigenvalue weighted by atomic mass is 10.1. The molecule has 2 rings (SSSR count). The van der Waals surface area contributed by atoms with Crippen molar-refractivity contribution < 1.29 is 0 Å². The molecule has 0 aromatic carbocycles. The third-order valence-electron chi connectivity index (χ3n) is 3.30. The van der Waals surface area contributed by atoms with E-state index in [1.807, 2.05) is 28.7 Å². The van der Waals surface area contributed by atoms with Gasteiger partial charge in [-0.2, -0.15) is 10.2 Å². The van der Waals surface area contributed by atoms with Crippen LogP contribution in [0.4, 0.5) is 0 Å². The summed E-state index contributed by atoms with van der Waals surface area (Å²) in [5.74, 6) is 0. The second-order valence-electron chi connectivity index (χ2n) is 4.87. The maximum Gasteiger partial charge on any atom is 0.0933 e. The van der Waals surface area contributed by atoms with Crippen LogP contribution < -0.4 is 5.32 Å². The minimum Gasteiger partial charge on any atom is -0.304 e. The van der Waals surface area contributed by atoms with Crippen molar-refractivity contribution in [3.05, 3.63) is 34.9 Å². The first kappa shape index (κ1) is 15.1. The fourth-order valence-corrected chi connectivity index (χ4v) is 2.60. The van der Waals surface area contributed by atoms with Crippen molar-refractivity contribution in [3.8, 4) is 0 Å². The lowest BCUT2D eigenvalue weighted by Crippen LogP contribution is -2.28. The van der Waals surface area contributed by atoms with Gasteiger partial charge in [0.25, 0.3) is 0 Å². The van der Waals surface area contributed by atoms with Crippen molar-refractivity contribution >= 4 is 11.6 Å². The third kappa shape index (κ3) is 3.04. The van der Waals surface area contributed by atoms with Crippen LogP contribution in [0.25, 0.3) is 0 Å². The normalized spacial score (nSPS) is 12.8. The number of nitrogens with one attached hydrogen (secondary N) is 1. The van der Waals surface area contributed by atoms with E-state index >= 15 is 0 Å². The molecule has 1 atom stereocenters. The molecule has 0 aliphatic heterocycles. The summed E-state index contributed by atoms with van der Waals surface area (Å²) >= 11 is 6.37. The van der Waals surface area contributed by atoms with Gasteiger partial charge in [-0.05, 0) is 25.5 Å². The quantitative estimate of drug-likeness (QED) is 0.854. The molecule has 0 fully saturated rings. The molecule has 0 saturated heterocycles. The molecule has 2 heterocycles. The van der Waals surface area contributed by atoms with Crippen molar-refractivity contribution in [2.45, 2.75) is 39.3 Å². The highest BCUT2D eigenvalue weighted by molar-refractivity contribution is 6.31. The number of hydrogen-bond acceptors (Lipinski definition) is 3. The van der Waals surface area contributed by atoms with Gasteiger partial charge in [-0.15, -0.1) is 0 Å². The highest BCUT2D eigenvalue weighted by Gasteiger charge is 2.23. The number of aryl methyl sites for hydroxylation is 2. The van der Waals surface area contributed by atoms with Gasteiger partial charge in [0.15, 0.2) is 0 Å². The van der Waals surface area contributed by atoms with E-state index in [1.54, 1.807) is 6.20 Å². The van der Waals surface area contributed by atoms with Crippen LogP contribution in [0.2, 0.25) is 5.02 Å². The number of rotatable bonds is 7. The van der Waals surface area contributed by atoms with E-state index in [1.165, 1.54) is 0 Å². The Balaban J connectivity index is 2.41. The molecule has 1 unspecified atom stereocenters. The van der Waals surface area contributed by atoms with Gasteiger partial charge in [0.2, 0.25) is 0 Å². The monoisotopic (exact) mass is 295 g/mol. The molecule has 0 aliphatic carbocycles. The van der Waals surface area contributed by atoms with Crippen LogP contribution in [0.15, 0.2) is 18.5 Å². The molecule has 5 nitrogen and oxygen atoms in total. The zero-order valence-electron chi connectivity index (χ0n) is 12.3. The Kier molecular flexibility index (Phi) is 5.20. The van der Waals surface area contributed by atoms with E-state index in [9.17, 15) is 0 Å². The predicted molar refractivity (Wildman–Crippen MR) is 80.9 cm³/mol. The van der Waals surface area contributed by atoms with E-state index in [-0.39, 0.29) is 6.04 Å². The summed E-state index contributed by atoms with van der Waals surface area (Å²) in [4.78, 5) is 0. The van der Waals surface area contributed by atoms with E-state index in [0.29, 0.717) is 5.02 Å². The minimum atomic E-state index is 0.0176. The largest absolute Gasteiger partial charge is 0.304 e. The first-order chi connectivity index (χ1) is 9.69. The molecule has 2 aromatic rings. The standard InChI is InChI=1S/C14H22ClN5/c1-4-7-16-13(12-6-8-17-19(12)3)14-11(15)10-18-20(14)9-5-2/h6,8,10,13,16H,4-5,7,9H2,1-3H3. The molecule has 1 N–H and O–H groups in total. The number of hydrogen-bond donors (Lipinski definition) is 1. The van der Waals surface area contributed by atoms with Crippen molar-refractivity contribution in [2.24, 2.45) is 7.05 Å². The molecule has 0 amide bonds. The Morgan fingerprint density at radius 1 is 1.30 bits per heavy atom. The summed E-state index contributed by atoms with van der Waals surface area (Å²) in [5.41, 5.74) is 2.11. The van der Waals surface area contributed by atoms with Crippen molar-refractivity contribution in [1.82, 2.24) is 24.9 Å². The summed E-state index contributed by atoms with van der Waals surface area (Å²) in [6, 6.07) is 2.04. The topological polar surface area (TPSA) is 47.7 Å². The van der Waals surface area contributed by atoms with Gasteiger partial charge in [-0.25, -0.2) is 0 Å². The Labute approximate surface area is 124 Å². The molecule has 6 heteroatoms. The fourth-order valence-electron chi connectivity index (χ4n) is 2.35. The Bertz CT molecular complexity index is 546. The SMILES string of the molecule is CCCNC(c1ccnn1C)c1c(Cl)cnn1CCC. The molecule has 0 aliphatic rings. The van der Waals surface area contributed by atoms with Gasteiger partial charge in [-0.3, -0.25) is 9.36 Å². The van der Waals surface area contributed by atoms with Crippen LogP contribution in [0.3, 0.4) is 0 Å². The van der Waals surface area contributed by atoms with Crippen LogP contribution in [0, 0.1) is 0 Å². The van der Waals surface area contributed by atoms with Crippen LogP contribution >= 0.6 is 11.6 Å². The predicted octanol–water partition coefficient (Wildman–Crippen LogP) is 2.77. The third-order valence-corrected chi connectivity index (χ3v) is 3.59. The average molecular weight is 296 g/mol. The Morgan fingerprint density at radius 3 is 2.70 bits per heavy atom. The van der Waals surface area contributed by atoms with Crippen LogP contribution in [-0.2, 0) is 13.6 Å². The molecule has 0 radical (unpaired) electrons. The van der Waals surface area contributed by atoms with Gasteiger partial charge in [0.05, 0.1) is 28.6 Å². The molecule has 0 bridgehead atoms. The van der Waals surface area contributed by atoms with Crippen LogP contribution in [0.5, 0.6) is 0 Å².